The molecule has 0 radical (unpaired) electrons. The summed E-state index contributed by atoms with van der Waals surface area (Å²) in [7, 11) is 0. The van der Waals surface area contributed by atoms with Crippen LogP contribution in [-0.4, -0.2) is 22.4 Å². The zero-order chi connectivity index (χ0) is 15.5. The Bertz CT molecular complexity index is 480. The third-order valence-electron chi connectivity index (χ3n) is 3.81. The van der Waals surface area contributed by atoms with E-state index in [2.05, 4.69) is 0 Å². The molecule has 0 atom stereocenters. The van der Waals surface area contributed by atoms with Crippen molar-refractivity contribution in [3.05, 3.63) is 29.3 Å². The van der Waals surface area contributed by atoms with Crippen molar-refractivity contribution in [2.45, 2.75) is 50.5 Å². The van der Waals surface area contributed by atoms with Crippen molar-refractivity contribution in [3.8, 4) is 5.75 Å². The summed E-state index contributed by atoms with van der Waals surface area (Å²) in [5.41, 5.74) is -1.80. The second-order valence-electron chi connectivity index (χ2n) is 5.56. The Balaban J connectivity index is 2.15. The highest BCUT2D eigenvalue weighted by Gasteiger charge is 2.36. The molecule has 0 bridgehead atoms. The van der Waals surface area contributed by atoms with Crippen LogP contribution in [0.5, 0.6) is 5.75 Å². The lowest BCUT2D eigenvalue weighted by Gasteiger charge is -2.32. The van der Waals surface area contributed by atoms with Crippen LogP contribution in [0.2, 0.25) is 0 Å². The number of ether oxygens (including phenoxy) is 1. The summed E-state index contributed by atoms with van der Waals surface area (Å²) in [4.78, 5) is 0. The van der Waals surface area contributed by atoms with Gasteiger partial charge in [0.2, 0.25) is 0 Å². The minimum atomic E-state index is -4.56. The molecule has 0 aromatic heterocycles. The van der Waals surface area contributed by atoms with Gasteiger partial charge in [-0.2, -0.15) is 13.2 Å². The lowest BCUT2D eigenvalue weighted by molar-refractivity contribution is -0.139. The van der Waals surface area contributed by atoms with Gasteiger partial charge in [-0.05, 0) is 30.5 Å². The third-order valence-corrected chi connectivity index (χ3v) is 3.81. The lowest BCUT2D eigenvalue weighted by Crippen LogP contribution is -2.38. The number of rotatable bonds is 4. The smallest absolute Gasteiger partial charge is 0.419 e. The van der Waals surface area contributed by atoms with E-state index >= 15 is 0 Å². The van der Waals surface area contributed by atoms with Crippen LogP contribution in [-0.2, 0) is 12.8 Å². The van der Waals surface area contributed by atoms with E-state index in [0.717, 1.165) is 25.3 Å². The molecule has 1 fully saturated rings. The number of alkyl halides is 3. The SMILES string of the molecule is OCc1ccc(OCC2(O)CCCCC2)c(C(F)(F)F)c1. The van der Waals surface area contributed by atoms with Crippen molar-refractivity contribution in [1.29, 1.82) is 0 Å². The normalized spacial score (nSPS) is 18.5. The van der Waals surface area contributed by atoms with Crippen molar-refractivity contribution in [2.24, 2.45) is 0 Å². The predicted molar refractivity (Wildman–Crippen MR) is 70.9 cm³/mol. The van der Waals surface area contributed by atoms with Gasteiger partial charge in [-0.1, -0.05) is 25.3 Å². The molecule has 0 spiro atoms. The molecule has 0 heterocycles. The number of aliphatic hydroxyl groups is 2. The van der Waals surface area contributed by atoms with Gasteiger partial charge < -0.3 is 14.9 Å². The first-order valence-corrected chi connectivity index (χ1v) is 7.00. The molecule has 21 heavy (non-hydrogen) atoms. The average Bonchev–Trinajstić information content (AvgIpc) is 2.45. The number of aliphatic hydroxyl groups excluding tert-OH is 1. The minimum Gasteiger partial charge on any atom is -0.490 e. The molecule has 0 aliphatic heterocycles. The number of benzene rings is 1. The summed E-state index contributed by atoms with van der Waals surface area (Å²) in [6.07, 6.45) is -0.728. The van der Waals surface area contributed by atoms with Gasteiger partial charge in [0.05, 0.1) is 17.8 Å². The predicted octanol–water partition coefficient (Wildman–Crippen LogP) is 3.27. The fourth-order valence-electron chi connectivity index (χ4n) is 2.59. The van der Waals surface area contributed by atoms with Crippen LogP contribution in [0, 0.1) is 0 Å². The first-order valence-electron chi connectivity index (χ1n) is 7.00. The Morgan fingerprint density at radius 1 is 1.14 bits per heavy atom. The fourth-order valence-corrected chi connectivity index (χ4v) is 2.59. The largest absolute Gasteiger partial charge is 0.490 e. The van der Waals surface area contributed by atoms with Crippen LogP contribution >= 0.6 is 0 Å². The molecule has 1 aromatic rings. The zero-order valence-corrected chi connectivity index (χ0v) is 11.6. The Kier molecular flexibility index (Phi) is 4.78. The first kappa shape index (κ1) is 16.1. The third kappa shape index (κ3) is 4.11. The Morgan fingerprint density at radius 2 is 1.81 bits per heavy atom. The average molecular weight is 304 g/mol. The van der Waals surface area contributed by atoms with E-state index in [9.17, 15) is 18.3 Å². The molecule has 1 aromatic carbocycles. The molecule has 0 amide bonds. The van der Waals surface area contributed by atoms with Crippen LogP contribution < -0.4 is 4.74 Å². The highest BCUT2D eigenvalue weighted by Crippen LogP contribution is 2.38. The molecule has 1 saturated carbocycles. The molecule has 3 nitrogen and oxygen atoms in total. The van der Waals surface area contributed by atoms with Gasteiger partial charge in [-0.15, -0.1) is 0 Å². The van der Waals surface area contributed by atoms with Gasteiger partial charge in [0, 0.05) is 0 Å². The zero-order valence-electron chi connectivity index (χ0n) is 11.6. The van der Waals surface area contributed by atoms with Gasteiger partial charge in [-0.25, -0.2) is 0 Å². The van der Waals surface area contributed by atoms with Gasteiger partial charge in [0.1, 0.15) is 12.4 Å². The highest BCUT2D eigenvalue weighted by molar-refractivity contribution is 5.39. The van der Waals surface area contributed by atoms with Crippen molar-refractivity contribution in [1.82, 2.24) is 0 Å². The molecule has 6 heteroatoms. The maximum Gasteiger partial charge on any atom is 0.419 e. The van der Waals surface area contributed by atoms with Crippen LogP contribution in [0.15, 0.2) is 18.2 Å². The maximum absolute atomic E-state index is 13.0. The van der Waals surface area contributed by atoms with Gasteiger partial charge in [-0.3, -0.25) is 0 Å². The summed E-state index contributed by atoms with van der Waals surface area (Å²) in [6, 6.07) is 3.45. The summed E-state index contributed by atoms with van der Waals surface area (Å²) < 4.78 is 44.3. The maximum atomic E-state index is 13.0. The Labute approximate surface area is 121 Å². The number of halogens is 3. The van der Waals surface area contributed by atoms with E-state index in [1.165, 1.54) is 12.1 Å². The summed E-state index contributed by atoms with van der Waals surface area (Å²) in [6.45, 7) is -0.609. The minimum absolute atomic E-state index is 0.144. The van der Waals surface area contributed by atoms with Crippen molar-refractivity contribution in [2.75, 3.05) is 6.61 Å². The molecular weight excluding hydrogens is 285 g/mol. The summed E-state index contributed by atoms with van der Waals surface area (Å²) in [5, 5.41) is 19.2. The molecule has 1 aliphatic carbocycles. The summed E-state index contributed by atoms with van der Waals surface area (Å²) in [5.74, 6) is -0.307. The highest BCUT2D eigenvalue weighted by atomic mass is 19.4. The molecule has 2 rings (SSSR count). The topological polar surface area (TPSA) is 49.7 Å². The van der Waals surface area contributed by atoms with Crippen molar-refractivity contribution < 1.29 is 28.1 Å². The lowest BCUT2D eigenvalue weighted by atomic mass is 9.85. The van der Waals surface area contributed by atoms with Gasteiger partial charge in [0.25, 0.3) is 0 Å². The molecule has 0 unspecified atom stereocenters. The molecular formula is C15H19F3O3. The van der Waals surface area contributed by atoms with Gasteiger partial charge in [0.15, 0.2) is 0 Å². The quantitative estimate of drug-likeness (QED) is 0.897. The van der Waals surface area contributed by atoms with Crippen LogP contribution in [0.4, 0.5) is 13.2 Å². The standard InChI is InChI=1S/C15H19F3O3/c16-15(17,18)12-8-11(9-19)4-5-13(12)21-10-14(20)6-2-1-3-7-14/h4-5,8,19-20H,1-3,6-7,9-10H2. The first-order chi connectivity index (χ1) is 9.84. The summed E-state index contributed by atoms with van der Waals surface area (Å²) >= 11 is 0. The molecule has 1 aliphatic rings. The van der Waals surface area contributed by atoms with E-state index in [1.807, 2.05) is 0 Å². The monoisotopic (exact) mass is 304 g/mol. The Morgan fingerprint density at radius 3 is 2.38 bits per heavy atom. The van der Waals surface area contributed by atoms with E-state index in [4.69, 9.17) is 9.84 Å². The van der Waals surface area contributed by atoms with Crippen molar-refractivity contribution in [3.63, 3.8) is 0 Å². The second kappa shape index (κ2) is 6.23. The number of hydrogen-bond acceptors (Lipinski definition) is 3. The molecule has 2 N–H and O–H groups in total. The van der Waals surface area contributed by atoms with Crippen LogP contribution in [0.3, 0.4) is 0 Å². The number of hydrogen-bond donors (Lipinski definition) is 2. The van der Waals surface area contributed by atoms with E-state index in [-0.39, 0.29) is 17.9 Å². The molecule has 118 valence electrons. The van der Waals surface area contributed by atoms with E-state index in [1.54, 1.807) is 0 Å². The van der Waals surface area contributed by atoms with Gasteiger partial charge >= 0.3 is 6.18 Å². The van der Waals surface area contributed by atoms with Crippen molar-refractivity contribution >= 4 is 0 Å². The van der Waals surface area contributed by atoms with Crippen LogP contribution in [0.25, 0.3) is 0 Å². The van der Waals surface area contributed by atoms with E-state index < -0.39 is 23.9 Å². The second-order valence-corrected chi connectivity index (χ2v) is 5.56. The fraction of sp³-hybridized carbons (Fsp3) is 0.600. The van der Waals surface area contributed by atoms with E-state index in [0.29, 0.717) is 12.8 Å². The van der Waals surface area contributed by atoms with Crippen LogP contribution in [0.1, 0.15) is 43.2 Å². The Hall–Kier alpha value is -1.27. The molecule has 0 saturated heterocycles.